The van der Waals surface area contributed by atoms with Crippen molar-refractivity contribution in [2.75, 3.05) is 24.8 Å². The van der Waals surface area contributed by atoms with Crippen LogP contribution in [0.5, 0.6) is 0 Å². The molecule has 1 aromatic heterocycles. The van der Waals surface area contributed by atoms with Crippen LogP contribution in [0.25, 0.3) is 11.4 Å². The Balaban J connectivity index is 1.75. The summed E-state index contributed by atoms with van der Waals surface area (Å²) in [7, 11) is 1.67. The number of aryl methyl sites for hydroxylation is 1. The normalized spacial score (nSPS) is 10.9. The predicted molar refractivity (Wildman–Crippen MR) is 123 cm³/mol. The average Bonchev–Trinajstić information content (AvgIpc) is 3.12. The van der Waals surface area contributed by atoms with Gasteiger partial charge in [-0.15, -0.1) is 10.2 Å². The van der Waals surface area contributed by atoms with Gasteiger partial charge in [-0.25, -0.2) is 0 Å². The number of thioether (sulfide) groups is 1. The number of carbonyl (C=O) groups excluding carboxylic acids is 1. The molecule has 0 aliphatic rings. The number of nitrogens with one attached hydrogen (secondary N) is 1. The van der Waals surface area contributed by atoms with Gasteiger partial charge in [0.1, 0.15) is 0 Å². The van der Waals surface area contributed by atoms with E-state index in [4.69, 9.17) is 27.9 Å². The number of hydrogen-bond acceptors (Lipinski definition) is 5. The van der Waals surface area contributed by atoms with Crippen LogP contribution >= 0.6 is 35.0 Å². The van der Waals surface area contributed by atoms with E-state index in [1.54, 1.807) is 19.2 Å². The Kier molecular flexibility index (Phi) is 8.16. The van der Waals surface area contributed by atoms with Crippen molar-refractivity contribution in [3.05, 3.63) is 58.1 Å². The molecule has 158 valence electrons. The molecule has 0 radical (unpaired) electrons. The van der Waals surface area contributed by atoms with E-state index in [9.17, 15) is 4.79 Å². The molecule has 6 nitrogen and oxygen atoms in total. The summed E-state index contributed by atoms with van der Waals surface area (Å²) in [4.78, 5) is 12.5. The Morgan fingerprint density at radius 3 is 2.77 bits per heavy atom. The third kappa shape index (κ3) is 5.76. The lowest BCUT2D eigenvalue weighted by Gasteiger charge is -2.11. The highest BCUT2D eigenvalue weighted by atomic mass is 35.5. The molecule has 1 amide bonds. The summed E-state index contributed by atoms with van der Waals surface area (Å²) in [5, 5.41) is 13.4. The average molecular weight is 465 g/mol. The highest BCUT2D eigenvalue weighted by Crippen LogP contribution is 2.29. The maximum absolute atomic E-state index is 12.5. The lowest BCUT2D eigenvalue weighted by atomic mass is 10.2. The fourth-order valence-electron chi connectivity index (χ4n) is 2.85. The SMILES string of the molecule is COCCCn1c(SCC(=O)Nc2cc(Cl)ccc2C)nnc1-c1ccccc1Cl. The smallest absolute Gasteiger partial charge is 0.234 e. The van der Waals surface area contributed by atoms with E-state index < -0.39 is 0 Å². The Hall–Kier alpha value is -2.06. The molecule has 0 bridgehead atoms. The molecule has 1 heterocycles. The van der Waals surface area contributed by atoms with Crippen molar-refractivity contribution < 1.29 is 9.53 Å². The summed E-state index contributed by atoms with van der Waals surface area (Å²) >= 11 is 13.7. The van der Waals surface area contributed by atoms with Crippen molar-refractivity contribution >= 4 is 46.6 Å². The number of methoxy groups -OCH3 is 1. The zero-order chi connectivity index (χ0) is 21.5. The summed E-state index contributed by atoms with van der Waals surface area (Å²) in [6.45, 7) is 3.18. The number of amides is 1. The number of aromatic nitrogens is 3. The van der Waals surface area contributed by atoms with Crippen molar-refractivity contribution in [3.63, 3.8) is 0 Å². The Morgan fingerprint density at radius 1 is 1.20 bits per heavy atom. The van der Waals surface area contributed by atoms with Crippen LogP contribution in [0.15, 0.2) is 47.6 Å². The molecular formula is C21H22Cl2N4O2S. The topological polar surface area (TPSA) is 69.0 Å². The van der Waals surface area contributed by atoms with Crippen molar-refractivity contribution in [1.29, 1.82) is 0 Å². The summed E-state index contributed by atoms with van der Waals surface area (Å²) in [6.07, 6.45) is 0.785. The van der Waals surface area contributed by atoms with Gasteiger partial charge in [-0.05, 0) is 43.2 Å². The molecule has 0 spiro atoms. The van der Waals surface area contributed by atoms with Gasteiger partial charge in [0.15, 0.2) is 11.0 Å². The van der Waals surface area contributed by atoms with Crippen molar-refractivity contribution in [2.45, 2.75) is 25.0 Å². The van der Waals surface area contributed by atoms with Crippen LogP contribution in [0.1, 0.15) is 12.0 Å². The van der Waals surface area contributed by atoms with Crippen LogP contribution in [0.3, 0.4) is 0 Å². The van der Waals surface area contributed by atoms with Crippen LogP contribution in [0.4, 0.5) is 5.69 Å². The molecule has 3 aromatic rings. The Morgan fingerprint density at radius 2 is 2.00 bits per heavy atom. The third-order valence-electron chi connectivity index (χ3n) is 4.37. The number of hydrogen-bond donors (Lipinski definition) is 1. The van der Waals surface area contributed by atoms with Crippen LogP contribution < -0.4 is 5.32 Å². The van der Waals surface area contributed by atoms with E-state index in [1.807, 2.05) is 41.8 Å². The molecule has 30 heavy (non-hydrogen) atoms. The maximum atomic E-state index is 12.5. The standard InChI is InChI=1S/C21H22Cl2N4O2S/c1-14-8-9-15(22)12-18(14)24-19(28)13-30-21-26-25-20(27(21)10-5-11-29-2)16-6-3-4-7-17(16)23/h3-4,6-9,12H,5,10-11,13H2,1-2H3,(H,24,28). The fraction of sp³-hybridized carbons (Fsp3) is 0.286. The lowest BCUT2D eigenvalue weighted by molar-refractivity contribution is -0.113. The molecule has 0 saturated heterocycles. The number of rotatable bonds is 9. The number of benzene rings is 2. The summed E-state index contributed by atoms with van der Waals surface area (Å²) in [5.41, 5.74) is 2.45. The van der Waals surface area contributed by atoms with Gasteiger partial charge in [-0.2, -0.15) is 0 Å². The van der Waals surface area contributed by atoms with Crippen LogP contribution in [-0.2, 0) is 16.1 Å². The first-order valence-corrected chi connectivity index (χ1v) is 11.1. The molecule has 3 rings (SSSR count). The summed E-state index contributed by atoms with van der Waals surface area (Å²) in [5.74, 6) is 0.720. The molecule has 0 unspecified atom stereocenters. The van der Waals surface area contributed by atoms with Gasteiger partial charge in [0.2, 0.25) is 5.91 Å². The number of carbonyl (C=O) groups is 1. The quantitative estimate of drug-likeness (QED) is 0.342. The number of ether oxygens (including phenoxy) is 1. The highest BCUT2D eigenvalue weighted by molar-refractivity contribution is 7.99. The number of anilines is 1. The van der Waals surface area contributed by atoms with Gasteiger partial charge >= 0.3 is 0 Å². The first-order valence-electron chi connectivity index (χ1n) is 9.35. The van der Waals surface area contributed by atoms with E-state index in [-0.39, 0.29) is 11.7 Å². The first-order chi connectivity index (χ1) is 14.5. The van der Waals surface area contributed by atoms with E-state index in [1.165, 1.54) is 11.8 Å². The molecule has 0 saturated carbocycles. The maximum Gasteiger partial charge on any atom is 0.234 e. The van der Waals surface area contributed by atoms with Gasteiger partial charge in [0.25, 0.3) is 0 Å². The van der Waals surface area contributed by atoms with Crippen LogP contribution in [0, 0.1) is 6.92 Å². The summed E-state index contributed by atoms with van der Waals surface area (Å²) < 4.78 is 7.15. The van der Waals surface area contributed by atoms with E-state index >= 15 is 0 Å². The lowest BCUT2D eigenvalue weighted by Crippen LogP contribution is -2.15. The second-order valence-electron chi connectivity index (χ2n) is 6.58. The number of nitrogens with zero attached hydrogens (tertiary/aromatic N) is 3. The van der Waals surface area contributed by atoms with Crippen molar-refractivity contribution in [2.24, 2.45) is 0 Å². The molecule has 0 aliphatic heterocycles. The first kappa shape index (κ1) is 22.6. The molecule has 9 heteroatoms. The predicted octanol–water partition coefficient (Wildman–Crippen LogP) is 5.33. The molecule has 1 N–H and O–H groups in total. The van der Waals surface area contributed by atoms with Crippen molar-refractivity contribution in [3.8, 4) is 11.4 Å². The van der Waals surface area contributed by atoms with Gasteiger partial charge in [0, 0.05) is 36.5 Å². The van der Waals surface area contributed by atoms with Gasteiger partial charge in [0.05, 0.1) is 10.8 Å². The third-order valence-corrected chi connectivity index (χ3v) is 5.90. The van der Waals surface area contributed by atoms with E-state index in [2.05, 4.69) is 15.5 Å². The molecule has 0 atom stereocenters. The van der Waals surface area contributed by atoms with Gasteiger partial charge in [-0.1, -0.05) is 53.2 Å². The van der Waals surface area contributed by atoms with Crippen molar-refractivity contribution in [1.82, 2.24) is 14.8 Å². The second kappa shape index (κ2) is 10.8. The fourth-order valence-corrected chi connectivity index (χ4v) is 4.01. The molecular weight excluding hydrogens is 443 g/mol. The van der Waals surface area contributed by atoms with Gasteiger partial charge < -0.3 is 14.6 Å². The van der Waals surface area contributed by atoms with Crippen LogP contribution in [0.2, 0.25) is 10.0 Å². The van der Waals surface area contributed by atoms with E-state index in [0.717, 1.165) is 17.5 Å². The molecule has 0 fully saturated rings. The zero-order valence-corrected chi connectivity index (χ0v) is 19.0. The zero-order valence-electron chi connectivity index (χ0n) is 16.7. The molecule has 0 aliphatic carbocycles. The molecule has 2 aromatic carbocycles. The number of halogens is 2. The summed E-state index contributed by atoms with van der Waals surface area (Å²) in [6, 6.07) is 12.9. The van der Waals surface area contributed by atoms with E-state index in [0.29, 0.717) is 39.9 Å². The Labute approximate surface area is 189 Å². The largest absolute Gasteiger partial charge is 0.385 e. The van der Waals surface area contributed by atoms with Gasteiger partial charge in [-0.3, -0.25) is 4.79 Å². The highest BCUT2D eigenvalue weighted by Gasteiger charge is 2.17. The minimum absolute atomic E-state index is 0.142. The minimum Gasteiger partial charge on any atom is -0.385 e. The minimum atomic E-state index is -0.142. The Bertz CT molecular complexity index is 1030. The van der Waals surface area contributed by atoms with Crippen LogP contribution in [-0.4, -0.2) is 40.1 Å². The second-order valence-corrected chi connectivity index (χ2v) is 8.37. The monoisotopic (exact) mass is 464 g/mol.